The van der Waals surface area contributed by atoms with Crippen LogP contribution in [0.15, 0.2) is 114 Å². The number of unbranched alkanes of at least 4 members (excludes halogenated alkanes) is 2. The number of rotatable bonds is 14. The molecule has 0 bridgehead atoms. The average Bonchev–Trinajstić information content (AvgIpc) is 3.47. The summed E-state index contributed by atoms with van der Waals surface area (Å²) in [5, 5.41) is 0. The quantitative estimate of drug-likeness (QED) is 0.121. The summed E-state index contributed by atoms with van der Waals surface area (Å²) in [6.07, 6.45) is 10.1. The Morgan fingerprint density at radius 1 is 0.745 bits per heavy atom. The van der Waals surface area contributed by atoms with E-state index >= 15 is 0 Å². The van der Waals surface area contributed by atoms with Crippen LogP contribution in [0.2, 0.25) is 0 Å². The van der Waals surface area contributed by atoms with Gasteiger partial charge >= 0.3 is 0 Å². The van der Waals surface area contributed by atoms with Crippen LogP contribution >= 0.6 is 0 Å². The Bertz CT molecular complexity index is 2240. The predicted molar refractivity (Wildman–Crippen MR) is 219 cm³/mol. The molecule has 0 fully saturated rings. The average molecular weight is 789 g/mol. The Morgan fingerprint density at radius 3 is 2.00 bits per heavy atom. The molecule has 3 aromatic carbocycles. The molecular formula is C43H52N2O8S2. The molecule has 1 atom stereocenters. The third-order valence-corrected chi connectivity index (χ3v) is 12.6. The standard InChI is InChI=1S/C43H52N2O8S2/c1-31-18-20-32(21-19-31)41-37(22-24-39-42(2,3)33-14-6-8-16-35(33)44(39)26-10-12-28-54(46,47)48)52-30-53-38(41)23-25-40-43(4,5)34-15-7-9-17-36(34)45(40)27-11-13-29-55(49,50)51/h6-9,14-25,39H,10-13,26-30H2,1-5H3,(H,46,47,48)(H,49,50,51)/b24-22+,38-23-,40-25+. The molecule has 3 aromatic rings. The molecule has 294 valence electrons. The van der Waals surface area contributed by atoms with Gasteiger partial charge in [0.15, 0.2) is 0 Å². The molecule has 0 saturated heterocycles. The van der Waals surface area contributed by atoms with E-state index in [-0.39, 0.29) is 35.2 Å². The zero-order valence-corrected chi connectivity index (χ0v) is 33.9. The maximum Gasteiger partial charge on any atom is 0.264 e. The highest BCUT2D eigenvalue weighted by atomic mass is 32.2. The maximum atomic E-state index is 11.4. The van der Waals surface area contributed by atoms with Gasteiger partial charge in [-0.15, -0.1) is 0 Å². The number of ether oxygens (including phenoxy) is 2. The minimum atomic E-state index is -4.04. The van der Waals surface area contributed by atoms with Gasteiger partial charge in [-0.1, -0.05) is 100.0 Å². The van der Waals surface area contributed by atoms with E-state index in [9.17, 15) is 25.9 Å². The SMILES string of the molecule is Cc1ccc(C2=C(/C=C/C3N(CCCCS(=O)(=O)O)c4ccccc4C3(C)C)OCO/C2=C\C=C2\N(CCCCS(=O)(=O)O)c3ccccc3C2(C)C)cc1. The van der Waals surface area contributed by atoms with Crippen molar-refractivity contribution in [2.45, 2.75) is 77.2 Å². The normalized spacial score (nSPS) is 20.6. The van der Waals surface area contributed by atoms with Gasteiger partial charge in [0.1, 0.15) is 11.5 Å². The van der Waals surface area contributed by atoms with Crippen molar-refractivity contribution in [3.05, 3.63) is 137 Å². The van der Waals surface area contributed by atoms with Gasteiger partial charge in [-0.05, 0) is 79.7 Å². The van der Waals surface area contributed by atoms with Crippen LogP contribution in [0.5, 0.6) is 0 Å². The summed E-state index contributed by atoms with van der Waals surface area (Å²) in [6.45, 7) is 12.0. The first-order chi connectivity index (χ1) is 26.0. The number of aryl methyl sites for hydroxylation is 1. The Kier molecular flexibility index (Phi) is 11.7. The van der Waals surface area contributed by atoms with Crippen LogP contribution in [-0.4, -0.2) is 63.4 Å². The van der Waals surface area contributed by atoms with Crippen molar-refractivity contribution in [2.75, 3.05) is 41.2 Å². The minimum absolute atomic E-state index is 0.0145. The highest BCUT2D eigenvalue weighted by Crippen LogP contribution is 2.49. The van der Waals surface area contributed by atoms with E-state index in [2.05, 4.69) is 98.2 Å². The van der Waals surface area contributed by atoms with Crippen LogP contribution < -0.4 is 9.80 Å². The van der Waals surface area contributed by atoms with Gasteiger partial charge in [0.05, 0.1) is 23.1 Å². The Labute approximate surface area is 326 Å². The van der Waals surface area contributed by atoms with E-state index in [1.807, 2.05) is 43.3 Å². The fourth-order valence-electron chi connectivity index (χ4n) is 8.10. The topological polar surface area (TPSA) is 134 Å². The van der Waals surface area contributed by atoms with Crippen molar-refractivity contribution in [3.63, 3.8) is 0 Å². The number of para-hydroxylation sites is 2. The number of hydrogen-bond acceptors (Lipinski definition) is 8. The number of hydrogen-bond donors (Lipinski definition) is 2. The summed E-state index contributed by atoms with van der Waals surface area (Å²) in [5.74, 6) is 0.762. The molecule has 0 aromatic heterocycles. The molecule has 55 heavy (non-hydrogen) atoms. The highest BCUT2D eigenvalue weighted by Gasteiger charge is 2.43. The number of anilines is 2. The molecule has 10 nitrogen and oxygen atoms in total. The van der Waals surface area contributed by atoms with Gasteiger partial charge in [0.2, 0.25) is 6.79 Å². The van der Waals surface area contributed by atoms with Gasteiger partial charge in [0.25, 0.3) is 20.2 Å². The van der Waals surface area contributed by atoms with Gasteiger partial charge < -0.3 is 19.3 Å². The molecule has 2 N–H and O–H groups in total. The molecule has 0 spiro atoms. The summed E-state index contributed by atoms with van der Waals surface area (Å²) < 4.78 is 76.9. The molecular weight excluding hydrogens is 737 g/mol. The third-order valence-electron chi connectivity index (χ3n) is 11.0. The molecule has 0 amide bonds. The van der Waals surface area contributed by atoms with Gasteiger partial charge in [-0.2, -0.15) is 16.8 Å². The van der Waals surface area contributed by atoms with Crippen molar-refractivity contribution >= 4 is 37.2 Å². The van der Waals surface area contributed by atoms with Crippen LogP contribution in [0.1, 0.15) is 75.6 Å². The van der Waals surface area contributed by atoms with E-state index < -0.39 is 20.2 Å². The number of allylic oxidation sites excluding steroid dienone is 5. The van der Waals surface area contributed by atoms with Crippen LogP contribution in [0, 0.1) is 6.92 Å². The molecule has 3 aliphatic heterocycles. The van der Waals surface area contributed by atoms with Gasteiger partial charge in [-0.3, -0.25) is 9.11 Å². The molecule has 3 heterocycles. The van der Waals surface area contributed by atoms with Crippen LogP contribution in [-0.2, 0) is 40.5 Å². The molecule has 0 saturated carbocycles. The highest BCUT2D eigenvalue weighted by molar-refractivity contribution is 7.86. The monoisotopic (exact) mass is 788 g/mol. The fourth-order valence-corrected chi connectivity index (χ4v) is 9.24. The fraction of sp³-hybridized carbons (Fsp3) is 0.395. The summed E-state index contributed by atoms with van der Waals surface area (Å²) >= 11 is 0. The molecule has 1 unspecified atom stereocenters. The summed E-state index contributed by atoms with van der Waals surface area (Å²) in [5.41, 5.74) is 7.81. The molecule has 3 aliphatic rings. The predicted octanol–water partition coefficient (Wildman–Crippen LogP) is 8.33. The number of fused-ring (bicyclic) bond motifs is 2. The lowest BCUT2D eigenvalue weighted by molar-refractivity contribution is 0.0123. The lowest BCUT2D eigenvalue weighted by Crippen LogP contribution is -2.40. The van der Waals surface area contributed by atoms with Crippen molar-refractivity contribution in [1.82, 2.24) is 0 Å². The third kappa shape index (κ3) is 9.04. The largest absolute Gasteiger partial charge is 0.457 e. The first-order valence-electron chi connectivity index (χ1n) is 18.8. The maximum absolute atomic E-state index is 11.4. The zero-order valence-electron chi connectivity index (χ0n) is 32.2. The summed E-state index contributed by atoms with van der Waals surface area (Å²) in [7, 11) is -8.07. The minimum Gasteiger partial charge on any atom is -0.457 e. The summed E-state index contributed by atoms with van der Waals surface area (Å²) in [6, 6.07) is 24.7. The molecule has 6 rings (SSSR count). The lowest BCUT2D eigenvalue weighted by atomic mass is 9.80. The van der Waals surface area contributed by atoms with E-state index in [1.165, 1.54) is 11.1 Å². The second-order valence-electron chi connectivity index (χ2n) is 15.6. The van der Waals surface area contributed by atoms with Gasteiger partial charge in [0, 0.05) is 41.0 Å². The van der Waals surface area contributed by atoms with Crippen LogP contribution in [0.25, 0.3) is 5.57 Å². The van der Waals surface area contributed by atoms with Crippen molar-refractivity contribution in [2.24, 2.45) is 0 Å². The second-order valence-corrected chi connectivity index (χ2v) is 18.8. The number of nitrogens with zero attached hydrogens (tertiary/aromatic N) is 2. The first-order valence-corrected chi connectivity index (χ1v) is 22.0. The summed E-state index contributed by atoms with van der Waals surface area (Å²) in [4.78, 5) is 4.54. The first kappa shape index (κ1) is 40.3. The Balaban J connectivity index is 1.38. The zero-order chi connectivity index (χ0) is 39.6. The molecule has 0 aliphatic carbocycles. The Hall–Kier alpha value is -4.36. The van der Waals surface area contributed by atoms with E-state index in [4.69, 9.17) is 9.47 Å². The van der Waals surface area contributed by atoms with Crippen molar-refractivity contribution < 1.29 is 35.4 Å². The van der Waals surface area contributed by atoms with Crippen molar-refractivity contribution in [1.29, 1.82) is 0 Å². The van der Waals surface area contributed by atoms with Crippen molar-refractivity contribution in [3.8, 4) is 0 Å². The van der Waals surface area contributed by atoms with Crippen LogP contribution in [0.3, 0.4) is 0 Å². The van der Waals surface area contributed by atoms with Crippen LogP contribution in [0.4, 0.5) is 11.4 Å². The van der Waals surface area contributed by atoms with E-state index in [1.54, 1.807) is 0 Å². The van der Waals surface area contributed by atoms with Gasteiger partial charge in [-0.25, -0.2) is 0 Å². The molecule has 0 radical (unpaired) electrons. The van der Waals surface area contributed by atoms with E-state index in [0.717, 1.165) is 33.8 Å². The number of benzene rings is 3. The lowest BCUT2D eigenvalue weighted by Gasteiger charge is -2.33. The van der Waals surface area contributed by atoms with E-state index in [0.29, 0.717) is 50.3 Å². The second kappa shape index (κ2) is 16.0. The molecule has 12 heteroatoms. The Morgan fingerprint density at radius 2 is 1.35 bits per heavy atom. The smallest absolute Gasteiger partial charge is 0.264 e.